The number of aryl methyl sites for hydroxylation is 1. The number of sulfonamides is 1. The van der Waals surface area contributed by atoms with Crippen LogP contribution in [-0.2, 0) is 10.0 Å². The zero-order valence-electron chi connectivity index (χ0n) is 12.7. The van der Waals surface area contributed by atoms with E-state index in [0.717, 1.165) is 10.6 Å². The van der Waals surface area contributed by atoms with Crippen molar-refractivity contribution in [2.45, 2.75) is 30.1 Å². The van der Waals surface area contributed by atoms with Crippen molar-refractivity contribution in [1.29, 1.82) is 0 Å². The van der Waals surface area contributed by atoms with Gasteiger partial charge in [-0.15, -0.1) is 11.3 Å². The van der Waals surface area contributed by atoms with E-state index in [-0.39, 0.29) is 6.10 Å². The van der Waals surface area contributed by atoms with E-state index >= 15 is 0 Å². The Hall–Kier alpha value is -1.08. The zero-order valence-corrected chi connectivity index (χ0v) is 15.1. The molecule has 0 aliphatic carbocycles. The molecule has 0 N–H and O–H groups in total. The number of rotatable bonds is 4. The van der Waals surface area contributed by atoms with Gasteiger partial charge in [-0.2, -0.15) is 4.31 Å². The second-order valence-corrected chi connectivity index (χ2v) is 9.43. The summed E-state index contributed by atoms with van der Waals surface area (Å²) in [7, 11) is -3.37. The summed E-state index contributed by atoms with van der Waals surface area (Å²) < 4.78 is 33.1. The molecule has 1 fully saturated rings. The Morgan fingerprint density at radius 3 is 2.57 bits per heavy atom. The third-order valence-electron chi connectivity index (χ3n) is 3.81. The topological polar surface area (TPSA) is 46.6 Å². The lowest BCUT2D eigenvalue weighted by molar-refractivity contribution is 0.135. The molecule has 1 aromatic heterocycles. The Bertz CT molecular complexity index is 780. The van der Waals surface area contributed by atoms with Gasteiger partial charge in [0.1, 0.15) is 16.1 Å². The SMILES string of the molecule is Cc1ccc(S(=O)(=O)N2CCC(Oc3cccc(Cl)c3)CC2)s1. The minimum atomic E-state index is -3.37. The minimum absolute atomic E-state index is 0.0185. The van der Waals surface area contributed by atoms with Gasteiger partial charge in [0.2, 0.25) is 0 Å². The van der Waals surface area contributed by atoms with Crippen molar-refractivity contribution < 1.29 is 13.2 Å². The number of piperidine rings is 1. The molecule has 23 heavy (non-hydrogen) atoms. The van der Waals surface area contributed by atoms with E-state index in [4.69, 9.17) is 16.3 Å². The fourth-order valence-electron chi connectivity index (χ4n) is 2.60. The highest BCUT2D eigenvalue weighted by atomic mass is 35.5. The van der Waals surface area contributed by atoms with Crippen molar-refractivity contribution in [2.24, 2.45) is 0 Å². The monoisotopic (exact) mass is 371 g/mol. The van der Waals surface area contributed by atoms with Gasteiger partial charge in [-0.05, 0) is 50.1 Å². The second-order valence-electron chi connectivity index (χ2n) is 5.54. The Morgan fingerprint density at radius 1 is 1.22 bits per heavy atom. The Labute approximate surface area is 145 Å². The maximum atomic E-state index is 12.6. The van der Waals surface area contributed by atoms with Gasteiger partial charge >= 0.3 is 0 Å². The average Bonchev–Trinajstić information content (AvgIpc) is 2.95. The molecule has 4 nitrogen and oxygen atoms in total. The highest BCUT2D eigenvalue weighted by molar-refractivity contribution is 7.91. The van der Waals surface area contributed by atoms with Crippen molar-refractivity contribution >= 4 is 33.0 Å². The van der Waals surface area contributed by atoms with Crippen LogP contribution in [0.25, 0.3) is 0 Å². The van der Waals surface area contributed by atoms with E-state index in [1.54, 1.807) is 22.5 Å². The molecule has 1 saturated heterocycles. The summed E-state index contributed by atoms with van der Waals surface area (Å²) in [4.78, 5) is 1.00. The van der Waals surface area contributed by atoms with Crippen LogP contribution in [0.2, 0.25) is 5.02 Å². The molecule has 3 rings (SSSR count). The first kappa shape index (κ1) is 16.8. The van der Waals surface area contributed by atoms with Gasteiger partial charge in [0, 0.05) is 23.0 Å². The van der Waals surface area contributed by atoms with Crippen molar-refractivity contribution in [3.63, 3.8) is 0 Å². The first-order chi connectivity index (χ1) is 10.9. The molecule has 2 heterocycles. The van der Waals surface area contributed by atoms with E-state index in [0.29, 0.717) is 35.2 Å². The molecule has 124 valence electrons. The van der Waals surface area contributed by atoms with E-state index in [1.807, 2.05) is 25.1 Å². The molecular formula is C16H18ClNO3S2. The molecule has 1 aliphatic rings. The lowest BCUT2D eigenvalue weighted by atomic mass is 10.1. The summed E-state index contributed by atoms with van der Waals surface area (Å²) in [6.07, 6.45) is 1.37. The van der Waals surface area contributed by atoms with Gasteiger partial charge in [0.15, 0.2) is 0 Å². The van der Waals surface area contributed by atoms with Gasteiger partial charge < -0.3 is 4.74 Å². The first-order valence-electron chi connectivity index (χ1n) is 7.44. The molecule has 1 aliphatic heterocycles. The third-order valence-corrected chi connectivity index (χ3v) is 7.41. The van der Waals surface area contributed by atoms with Crippen LogP contribution in [0.1, 0.15) is 17.7 Å². The molecule has 0 radical (unpaired) electrons. The predicted octanol–water partition coefficient (Wildman–Crippen LogP) is 3.94. The minimum Gasteiger partial charge on any atom is -0.490 e. The van der Waals surface area contributed by atoms with Crippen LogP contribution in [0.15, 0.2) is 40.6 Å². The standard InChI is InChI=1S/C16H18ClNO3S2/c1-12-5-6-16(22-12)23(19,20)18-9-7-14(8-10-18)21-15-4-2-3-13(17)11-15/h2-6,11,14H,7-10H2,1H3. The first-order valence-corrected chi connectivity index (χ1v) is 10.1. The lowest BCUT2D eigenvalue weighted by Gasteiger charge is -2.31. The number of halogens is 1. The van der Waals surface area contributed by atoms with Crippen LogP contribution in [-0.4, -0.2) is 31.9 Å². The number of hydrogen-bond donors (Lipinski definition) is 0. The van der Waals surface area contributed by atoms with Crippen molar-refractivity contribution in [3.05, 3.63) is 46.3 Å². The molecule has 2 aromatic rings. The van der Waals surface area contributed by atoms with Gasteiger partial charge in [0.05, 0.1) is 0 Å². The van der Waals surface area contributed by atoms with Crippen LogP contribution >= 0.6 is 22.9 Å². The fourth-order valence-corrected chi connectivity index (χ4v) is 5.69. The summed E-state index contributed by atoms with van der Waals surface area (Å²) in [5.41, 5.74) is 0. The number of nitrogens with zero attached hydrogens (tertiary/aromatic N) is 1. The van der Waals surface area contributed by atoms with E-state index in [2.05, 4.69) is 0 Å². The summed E-state index contributed by atoms with van der Waals surface area (Å²) >= 11 is 7.27. The number of thiophene rings is 1. The second kappa shape index (κ2) is 6.81. The zero-order chi connectivity index (χ0) is 16.4. The highest BCUT2D eigenvalue weighted by Gasteiger charge is 2.31. The molecule has 0 unspecified atom stereocenters. The van der Waals surface area contributed by atoms with Crippen molar-refractivity contribution in [1.82, 2.24) is 4.31 Å². The van der Waals surface area contributed by atoms with Crippen LogP contribution in [0.3, 0.4) is 0 Å². The molecule has 1 aromatic carbocycles. The van der Waals surface area contributed by atoms with Gasteiger partial charge in [0.25, 0.3) is 10.0 Å². The van der Waals surface area contributed by atoms with Gasteiger partial charge in [-0.1, -0.05) is 17.7 Å². The third kappa shape index (κ3) is 3.88. The fraction of sp³-hybridized carbons (Fsp3) is 0.375. The molecule has 0 bridgehead atoms. The van der Waals surface area contributed by atoms with Crippen LogP contribution in [0.4, 0.5) is 0 Å². The van der Waals surface area contributed by atoms with Crippen LogP contribution < -0.4 is 4.74 Å². The summed E-state index contributed by atoms with van der Waals surface area (Å²) in [6, 6.07) is 10.8. The molecular weight excluding hydrogens is 354 g/mol. The maximum Gasteiger partial charge on any atom is 0.252 e. The Balaban J connectivity index is 1.62. The van der Waals surface area contributed by atoms with Crippen molar-refractivity contribution in [3.8, 4) is 5.75 Å². The van der Waals surface area contributed by atoms with E-state index < -0.39 is 10.0 Å². The molecule has 0 amide bonds. The molecule has 0 spiro atoms. The smallest absolute Gasteiger partial charge is 0.252 e. The van der Waals surface area contributed by atoms with Gasteiger partial charge in [-0.3, -0.25) is 0 Å². The number of benzene rings is 1. The van der Waals surface area contributed by atoms with Gasteiger partial charge in [-0.25, -0.2) is 8.42 Å². The normalized spacial score (nSPS) is 17.3. The lowest BCUT2D eigenvalue weighted by Crippen LogP contribution is -2.41. The molecule has 7 heteroatoms. The summed E-state index contributed by atoms with van der Waals surface area (Å²) in [6.45, 7) is 2.86. The predicted molar refractivity (Wildman–Crippen MR) is 92.9 cm³/mol. The average molecular weight is 372 g/mol. The quantitative estimate of drug-likeness (QED) is 0.817. The highest BCUT2D eigenvalue weighted by Crippen LogP contribution is 2.28. The number of ether oxygens (including phenoxy) is 1. The molecule has 0 saturated carbocycles. The van der Waals surface area contributed by atoms with Crippen LogP contribution in [0, 0.1) is 6.92 Å². The number of hydrogen-bond acceptors (Lipinski definition) is 4. The Kier molecular flexibility index (Phi) is 4.96. The van der Waals surface area contributed by atoms with Crippen LogP contribution in [0.5, 0.6) is 5.75 Å². The van der Waals surface area contributed by atoms with E-state index in [1.165, 1.54) is 11.3 Å². The molecule has 0 atom stereocenters. The largest absolute Gasteiger partial charge is 0.490 e. The Morgan fingerprint density at radius 2 is 1.96 bits per heavy atom. The summed E-state index contributed by atoms with van der Waals surface area (Å²) in [5, 5.41) is 0.635. The van der Waals surface area contributed by atoms with E-state index in [9.17, 15) is 8.42 Å². The summed E-state index contributed by atoms with van der Waals surface area (Å²) in [5.74, 6) is 0.729. The van der Waals surface area contributed by atoms with Crippen molar-refractivity contribution in [2.75, 3.05) is 13.1 Å². The maximum absolute atomic E-state index is 12.6.